The van der Waals surface area contributed by atoms with Gasteiger partial charge in [0.05, 0.1) is 16.5 Å². The number of fused-ring (bicyclic) bond motifs is 1. The van der Waals surface area contributed by atoms with E-state index in [1.54, 1.807) is 23.5 Å². The van der Waals surface area contributed by atoms with Gasteiger partial charge in [-0.05, 0) is 43.2 Å². The number of nitrogens with one attached hydrogen (secondary N) is 1. The number of piperazine rings is 1. The number of rotatable bonds is 5. The first-order valence-electron chi connectivity index (χ1n) is 9.27. The highest BCUT2D eigenvalue weighted by molar-refractivity contribution is 7.22. The van der Waals surface area contributed by atoms with Crippen LogP contribution in [0, 0.1) is 13.8 Å². The maximum Gasteiger partial charge on any atom is 0.287 e. The molecule has 1 aliphatic heterocycles. The van der Waals surface area contributed by atoms with E-state index < -0.39 is 0 Å². The van der Waals surface area contributed by atoms with E-state index in [1.807, 2.05) is 0 Å². The fraction of sp³-hybridized carbons (Fsp3) is 0.400. The summed E-state index contributed by atoms with van der Waals surface area (Å²) in [6, 6.07) is 7.82. The summed E-state index contributed by atoms with van der Waals surface area (Å²) in [6.45, 7) is 9.61. The van der Waals surface area contributed by atoms with Crippen LogP contribution in [-0.4, -0.2) is 55.1 Å². The average molecular weight is 385 g/mol. The quantitative estimate of drug-likeness (QED) is 0.733. The van der Waals surface area contributed by atoms with Crippen LogP contribution in [0.4, 0.5) is 5.13 Å². The van der Waals surface area contributed by atoms with Gasteiger partial charge in [-0.15, -0.1) is 0 Å². The van der Waals surface area contributed by atoms with Gasteiger partial charge in [0.15, 0.2) is 10.9 Å². The highest BCUT2D eigenvalue weighted by Crippen LogP contribution is 2.32. The van der Waals surface area contributed by atoms with Crippen molar-refractivity contribution in [1.82, 2.24) is 15.2 Å². The Kier molecular flexibility index (Phi) is 5.13. The second kappa shape index (κ2) is 7.70. The van der Waals surface area contributed by atoms with Crippen LogP contribution in [0.1, 0.15) is 21.7 Å². The molecule has 4 rings (SSSR count). The molecule has 1 amide bonds. The van der Waals surface area contributed by atoms with Crippen LogP contribution in [0.5, 0.6) is 0 Å². The Bertz CT molecular complexity index is 927. The van der Waals surface area contributed by atoms with Gasteiger partial charge >= 0.3 is 0 Å². The van der Waals surface area contributed by atoms with Crippen LogP contribution >= 0.6 is 11.3 Å². The lowest BCUT2D eigenvalue weighted by Crippen LogP contribution is -2.48. The molecule has 0 aliphatic carbocycles. The van der Waals surface area contributed by atoms with Gasteiger partial charge < -0.3 is 14.6 Å². The first-order valence-corrected chi connectivity index (χ1v) is 10.1. The molecule has 0 radical (unpaired) electrons. The van der Waals surface area contributed by atoms with E-state index in [0.717, 1.165) is 43.4 Å². The molecule has 6 nitrogen and oxygen atoms in total. The molecule has 142 valence electrons. The fourth-order valence-corrected chi connectivity index (χ4v) is 4.67. The Hall–Kier alpha value is -2.38. The molecule has 1 aliphatic rings. The third-order valence-electron chi connectivity index (χ3n) is 4.92. The third-order valence-corrected chi connectivity index (χ3v) is 5.98. The predicted molar refractivity (Wildman–Crippen MR) is 109 cm³/mol. The van der Waals surface area contributed by atoms with E-state index in [0.29, 0.717) is 12.3 Å². The van der Waals surface area contributed by atoms with E-state index in [2.05, 4.69) is 41.1 Å². The number of amides is 1. The molecule has 0 atom stereocenters. The zero-order chi connectivity index (χ0) is 18.8. The van der Waals surface area contributed by atoms with Crippen LogP contribution in [0.3, 0.4) is 0 Å². The first kappa shape index (κ1) is 18.0. The number of hydrogen-bond donors (Lipinski definition) is 1. The molecule has 27 heavy (non-hydrogen) atoms. The number of carbonyl (C=O) groups is 1. The summed E-state index contributed by atoms with van der Waals surface area (Å²) in [6.07, 6.45) is 1.51. The van der Waals surface area contributed by atoms with E-state index in [4.69, 9.17) is 9.40 Å². The third kappa shape index (κ3) is 3.99. The van der Waals surface area contributed by atoms with E-state index in [9.17, 15) is 4.79 Å². The largest absolute Gasteiger partial charge is 0.459 e. The van der Waals surface area contributed by atoms with Crippen molar-refractivity contribution in [2.45, 2.75) is 13.8 Å². The van der Waals surface area contributed by atoms with Crippen molar-refractivity contribution in [1.29, 1.82) is 0 Å². The van der Waals surface area contributed by atoms with Gasteiger partial charge in [-0.2, -0.15) is 0 Å². The van der Waals surface area contributed by atoms with E-state index in [1.165, 1.54) is 22.1 Å². The SMILES string of the molecule is Cc1cc(C)c2nc(N3CCN(CCNC(=O)c4ccco4)CC3)sc2c1. The van der Waals surface area contributed by atoms with Gasteiger partial charge in [0, 0.05) is 39.3 Å². The van der Waals surface area contributed by atoms with E-state index in [-0.39, 0.29) is 5.91 Å². The molecule has 0 saturated carbocycles. The zero-order valence-electron chi connectivity index (χ0n) is 15.7. The Morgan fingerprint density at radius 2 is 2.07 bits per heavy atom. The smallest absolute Gasteiger partial charge is 0.287 e. The number of hydrogen-bond acceptors (Lipinski definition) is 6. The van der Waals surface area contributed by atoms with Crippen LogP contribution in [0.15, 0.2) is 34.9 Å². The number of aromatic nitrogens is 1. The number of thiazole rings is 1. The van der Waals surface area contributed by atoms with Gasteiger partial charge in [-0.3, -0.25) is 9.69 Å². The predicted octanol–water partition coefficient (Wildman–Crippen LogP) is 3.06. The lowest BCUT2D eigenvalue weighted by atomic mass is 10.1. The summed E-state index contributed by atoms with van der Waals surface area (Å²) in [5.74, 6) is 0.208. The summed E-state index contributed by atoms with van der Waals surface area (Å²) in [5, 5.41) is 4.02. The average Bonchev–Trinajstić information content (AvgIpc) is 3.32. The highest BCUT2D eigenvalue weighted by atomic mass is 32.1. The Labute approximate surface area is 162 Å². The Balaban J connectivity index is 1.29. The van der Waals surface area contributed by atoms with Crippen LogP contribution in [0.2, 0.25) is 0 Å². The molecule has 1 fully saturated rings. The maximum atomic E-state index is 11.9. The van der Waals surface area contributed by atoms with Gasteiger partial charge in [-0.25, -0.2) is 4.98 Å². The van der Waals surface area contributed by atoms with Gasteiger partial charge in [0.1, 0.15) is 0 Å². The minimum atomic E-state index is -0.154. The fourth-order valence-electron chi connectivity index (χ4n) is 3.48. The number of benzene rings is 1. The lowest BCUT2D eigenvalue weighted by molar-refractivity contribution is 0.0920. The van der Waals surface area contributed by atoms with Gasteiger partial charge in [0.2, 0.25) is 0 Å². The first-order chi connectivity index (χ1) is 13.1. The second-order valence-corrected chi connectivity index (χ2v) is 8.00. The van der Waals surface area contributed by atoms with Gasteiger partial charge in [0.25, 0.3) is 5.91 Å². The lowest BCUT2D eigenvalue weighted by Gasteiger charge is -2.34. The van der Waals surface area contributed by atoms with Crippen molar-refractivity contribution in [3.8, 4) is 0 Å². The molecule has 1 aromatic carbocycles. The molecule has 7 heteroatoms. The second-order valence-electron chi connectivity index (χ2n) is 6.99. The normalized spacial score (nSPS) is 15.4. The van der Waals surface area contributed by atoms with Crippen LogP contribution < -0.4 is 10.2 Å². The highest BCUT2D eigenvalue weighted by Gasteiger charge is 2.20. The van der Waals surface area contributed by atoms with Gasteiger partial charge in [-0.1, -0.05) is 17.4 Å². The molecule has 3 heterocycles. The number of furan rings is 1. The molecule has 0 unspecified atom stereocenters. The van der Waals surface area contributed by atoms with Crippen LogP contribution in [0.25, 0.3) is 10.2 Å². The number of aryl methyl sites for hydroxylation is 2. The van der Waals surface area contributed by atoms with Crippen molar-refractivity contribution in [3.63, 3.8) is 0 Å². The van der Waals surface area contributed by atoms with E-state index >= 15 is 0 Å². The summed E-state index contributed by atoms with van der Waals surface area (Å²) < 4.78 is 6.37. The summed E-state index contributed by atoms with van der Waals surface area (Å²) in [7, 11) is 0. The maximum absolute atomic E-state index is 11.9. The van der Waals surface area contributed by atoms with Crippen molar-refractivity contribution in [3.05, 3.63) is 47.4 Å². The summed E-state index contributed by atoms with van der Waals surface area (Å²) >= 11 is 1.78. The minimum Gasteiger partial charge on any atom is -0.459 e. The molecule has 1 saturated heterocycles. The van der Waals surface area contributed by atoms with Crippen LogP contribution in [-0.2, 0) is 0 Å². The minimum absolute atomic E-state index is 0.154. The van der Waals surface area contributed by atoms with Crippen molar-refractivity contribution < 1.29 is 9.21 Å². The molecular weight excluding hydrogens is 360 g/mol. The molecule has 0 spiro atoms. The molecule has 2 aromatic heterocycles. The number of nitrogens with zero attached hydrogens (tertiary/aromatic N) is 3. The van der Waals surface area contributed by atoms with Crippen molar-refractivity contribution in [2.24, 2.45) is 0 Å². The number of anilines is 1. The molecule has 3 aromatic rings. The number of carbonyl (C=O) groups excluding carboxylic acids is 1. The summed E-state index contributed by atoms with van der Waals surface area (Å²) in [4.78, 5) is 21.5. The Morgan fingerprint density at radius 3 is 2.81 bits per heavy atom. The molecule has 1 N–H and O–H groups in total. The zero-order valence-corrected chi connectivity index (χ0v) is 16.5. The molecule has 0 bridgehead atoms. The van der Waals surface area contributed by atoms with Crippen molar-refractivity contribution in [2.75, 3.05) is 44.2 Å². The van der Waals surface area contributed by atoms with Crippen molar-refractivity contribution >= 4 is 32.6 Å². The topological polar surface area (TPSA) is 61.6 Å². The standard InChI is InChI=1S/C20H24N4O2S/c1-14-12-15(2)18-17(13-14)27-20(22-18)24-9-7-23(8-10-24)6-5-21-19(25)16-4-3-11-26-16/h3-4,11-13H,5-10H2,1-2H3,(H,21,25). The summed E-state index contributed by atoms with van der Waals surface area (Å²) in [5.41, 5.74) is 3.67. The monoisotopic (exact) mass is 384 g/mol. The molecular formula is C20H24N4O2S. The Morgan fingerprint density at radius 1 is 1.26 bits per heavy atom.